The summed E-state index contributed by atoms with van der Waals surface area (Å²) in [7, 11) is 3.24. The Bertz CT molecular complexity index is 1220. The van der Waals surface area contributed by atoms with Crippen molar-refractivity contribution in [2.75, 3.05) is 20.8 Å². The third-order valence-electron chi connectivity index (χ3n) is 5.45. The zero-order valence-electron chi connectivity index (χ0n) is 17.9. The lowest BCUT2D eigenvalue weighted by atomic mass is 9.91. The lowest BCUT2D eigenvalue weighted by Crippen LogP contribution is -2.29. The summed E-state index contributed by atoms with van der Waals surface area (Å²) < 4.78 is 11.9. The van der Waals surface area contributed by atoms with Crippen LogP contribution in [0.2, 0.25) is 5.02 Å². The first-order valence-electron chi connectivity index (χ1n) is 10.3. The lowest BCUT2D eigenvalue weighted by Gasteiger charge is -2.20. The van der Waals surface area contributed by atoms with Crippen molar-refractivity contribution in [3.8, 4) is 11.5 Å². The van der Waals surface area contributed by atoms with E-state index in [-0.39, 0.29) is 11.8 Å². The van der Waals surface area contributed by atoms with Gasteiger partial charge in [-0.1, -0.05) is 66.2 Å². The van der Waals surface area contributed by atoms with Crippen molar-refractivity contribution in [1.82, 2.24) is 5.32 Å². The number of amides is 1. The molecule has 0 radical (unpaired) electrons. The van der Waals surface area contributed by atoms with Crippen LogP contribution in [0.15, 0.2) is 72.8 Å². The summed E-state index contributed by atoms with van der Waals surface area (Å²) in [4.78, 5) is 13.6. The summed E-state index contributed by atoms with van der Waals surface area (Å²) in [6.07, 6.45) is 0.775. The maximum Gasteiger partial charge on any atom is 0.262 e. The van der Waals surface area contributed by atoms with E-state index in [1.54, 1.807) is 14.2 Å². The first kappa shape index (κ1) is 22.2. The first-order chi connectivity index (χ1) is 15.6. The van der Waals surface area contributed by atoms with Crippen molar-refractivity contribution in [1.29, 1.82) is 0 Å². The van der Waals surface area contributed by atoms with Crippen LogP contribution < -0.4 is 14.8 Å². The van der Waals surface area contributed by atoms with Gasteiger partial charge in [-0.2, -0.15) is 0 Å². The SMILES string of the molecule is COc1ccc([C@H](CNC(=O)c2sc3ccccc3c2Cl)Cc2ccccc2)cc1OC. The average Bonchev–Trinajstić information content (AvgIpc) is 3.18. The molecule has 3 aromatic carbocycles. The third-order valence-corrected chi connectivity index (χ3v) is 7.13. The fraction of sp³-hybridized carbons (Fsp3) is 0.192. The largest absolute Gasteiger partial charge is 0.493 e. The van der Waals surface area contributed by atoms with E-state index in [0.717, 1.165) is 22.1 Å². The van der Waals surface area contributed by atoms with E-state index in [9.17, 15) is 4.79 Å². The Hall–Kier alpha value is -3.02. The van der Waals surface area contributed by atoms with E-state index in [1.807, 2.05) is 60.7 Å². The molecule has 0 aliphatic carbocycles. The Balaban J connectivity index is 1.58. The maximum atomic E-state index is 13.0. The second kappa shape index (κ2) is 10.1. The zero-order chi connectivity index (χ0) is 22.5. The minimum Gasteiger partial charge on any atom is -0.493 e. The van der Waals surface area contributed by atoms with E-state index < -0.39 is 0 Å². The molecule has 0 saturated carbocycles. The number of benzene rings is 3. The third kappa shape index (κ3) is 4.74. The van der Waals surface area contributed by atoms with Gasteiger partial charge in [0.15, 0.2) is 11.5 Å². The van der Waals surface area contributed by atoms with Gasteiger partial charge in [0.2, 0.25) is 0 Å². The molecule has 1 N–H and O–H groups in total. The molecular weight excluding hydrogens is 442 g/mol. The zero-order valence-corrected chi connectivity index (χ0v) is 19.5. The Labute approximate surface area is 196 Å². The van der Waals surface area contributed by atoms with Crippen molar-refractivity contribution in [3.63, 3.8) is 0 Å². The molecule has 1 amide bonds. The van der Waals surface area contributed by atoms with Crippen molar-refractivity contribution >= 4 is 38.9 Å². The number of carbonyl (C=O) groups excluding carboxylic acids is 1. The first-order valence-corrected chi connectivity index (χ1v) is 11.5. The molecule has 4 rings (SSSR count). The predicted molar refractivity (Wildman–Crippen MR) is 132 cm³/mol. The molecule has 0 fully saturated rings. The number of thiophene rings is 1. The Morgan fingerprint density at radius 1 is 0.969 bits per heavy atom. The molecule has 6 heteroatoms. The minimum absolute atomic E-state index is 0.0503. The fourth-order valence-electron chi connectivity index (χ4n) is 3.77. The van der Waals surface area contributed by atoms with Gasteiger partial charge in [0.1, 0.15) is 4.88 Å². The number of nitrogens with one attached hydrogen (secondary N) is 1. The van der Waals surface area contributed by atoms with Crippen molar-refractivity contribution in [2.45, 2.75) is 12.3 Å². The monoisotopic (exact) mass is 465 g/mol. The van der Waals surface area contributed by atoms with E-state index in [0.29, 0.717) is 27.9 Å². The van der Waals surface area contributed by atoms with Gasteiger partial charge in [-0.15, -0.1) is 11.3 Å². The van der Waals surface area contributed by atoms with Gasteiger partial charge in [0, 0.05) is 22.5 Å². The fourth-order valence-corrected chi connectivity index (χ4v) is 5.20. The maximum absolute atomic E-state index is 13.0. The van der Waals surface area contributed by atoms with Crippen LogP contribution in [-0.4, -0.2) is 26.7 Å². The number of fused-ring (bicyclic) bond motifs is 1. The Morgan fingerprint density at radius 2 is 1.69 bits per heavy atom. The highest BCUT2D eigenvalue weighted by Crippen LogP contribution is 2.35. The average molecular weight is 466 g/mol. The molecule has 4 nitrogen and oxygen atoms in total. The predicted octanol–water partition coefficient (Wildman–Crippen LogP) is 6.33. The molecule has 1 atom stereocenters. The van der Waals surface area contributed by atoms with E-state index in [4.69, 9.17) is 21.1 Å². The van der Waals surface area contributed by atoms with Crippen molar-refractivity contribution in [3.05, 3.63) is 93.8 Å². The van der Waals surface area contributed by atoms with Gasteiger partial charge in [-0.25, -0.2) is 0 Å². The number of ether oxygens (including phenoxy) is 2. The highest BCUT2D eigenvalue weighted by atomic mass is 35.5. The smallest absolute Gasteiger partial charge is 0.262 e. The molecule has 0 unspecified atom stereocenters. The second-order valence-corrected chi connectivity index (χ2v) is 8.88. The van der Waals surface area contributed by atoms with E-state index in [2.05, 4.69) is 17.4 Å². The summed E-state index contributed by atoms with van der Waals surface area (Å²) in [5, 5.41) is 4.52. The summed E-state index contributed by atoms with van der Waals surface area (Å²) in [5.41, 5.74) is 2.26. The molecule has 0 aliphatic rings. The summed E-state index contributed by atoms with van der Waals surface area (Å²) in [5.74, 6) is 1.24. The normalized spacial score (nSPS) is 11.8. The van der Waals surface area contributed by atoms with Crippen LogP contribution in [0.4, 0.5) is 0 Å². The number of halogens is 1. The van der Waals surface area contributed by atoms with Gasteiger partial charge < -0.3 is 14.8 Å². The van der Waals surface area contributed by atoms with Crippen molar-refractivity contribution < 1.29 is 14.3 Å². The van der Waals surface area contributed by atoms with E-state index >= 15 is 0 Å². The van der Waals surface area contributed by atoms with Crippen LogP contribution in [0.25, 0.3) is 10.1 Å². The number of carbonyl (C=O) groups is 1. The number of methoxy groups -OCH3 is 2. The Kier molecular flexibility index (Phi) is 6.98. The molecule has 1 heterocycles. The molecular formula is C26H24ClNO3S. The molecule has 32 heavy (non-hydrogen) atoms. The second-order valence-electron chi connectivity index (χ2n) is 7.45. The van der Waals surface area contributed by atoms with Gasteiger partial charge in [-0.05, 0) is 35.7 Å². The number of hydrogen-bond donors (Lipinski definition) is 1. The molecule has 0 aliphatic heterocycles. The quantitative estimate of drug-likeness (QED) is 0.331. The van der Waals surface area contributed by atoms with Crippen molar-refractivity contribution in [2.24, 2.45) is 0 Å². The van der Waals surface area contributed by atoms with Gasteiger partial charge >= 0.3 is 0 Å². The molecule has 0 spiro atoms. The minimum atomic E-state index is -0.158. The lowest BCUT2D eigenvalue weighted by molar-refractivity contribution is 0.0955. The molecule has 0 saturated heterocycles. The van der Waals surface area contributed by atoms with Crippen LogP contribution in [0.1, 0.15) is 26.7 Å². The van der Waals surface area contributed by atoms with Crippen LogP contribution >= 0.6 is 22.9 Å². The number of rotatable bonds is 8. The number of hydrogen-bond acceptors (Lipinski definition) is 4. The summed E-state index contributed by atoms with van der Waals surface area (Å²) >= 11 is 7.92. The molecule has 164 valence electrons. The van der Waals surface area contributed by atoms with E-state index in [1.165, 1.54) is 16.9 Å². The van der Waals surface area contributed by atoms with Crippen LogP contribution in [0.3, 0.4) is 0 Å². The highest BCUT2D eigenvalue weighted by Gasteiger charge is 2.20. The van der Waals surface area contributed by atoms with Crippen LogP contribution in [0.5, 0.6) is 11.5 Å². The van der Waals surface area contributed by atoms with Gasteiger partial charge in [-0.3, -0.25) is 4.79 Å². The van der Waals surface area contributed by atoms with Crippen LogP contribution in [-0.2, 0) is 6.42 Å². The standard InChI is InChI=1S/C26H24ClNO3S/c1-30-21-13-12-18(15-22(21)31-2)19(14-17-8-4-3-5-9-17)16-28-26(29)25-24(27)20-10-6-7-11-23(20)32-25/h3-13,15,19H,14,16H2,1-2H3,(H,28,29)/t19-/m0/s1. The topological polar surface area (TPSA) is 47.6 Å². The van der Waals surface area contributed by atoms with Gasteiger partial charge in [0.05, 0.1) is 19.2 Å². The molecule has 4 aromatic rings. The molecule has 0 bridgehead atoms. The Morgan fingerprint density at radius 3 is 2.41 bits per heavy atom. The molecule has 1 aromatic heterocycles. The highest BCUT2D eigenvalue weighted by molar-refractivity contribution is 7.21. The van der Waals surface area contributed by atoms with Gasteiger partial charge in [0.25, 0.3) is 5.91 Å². The summed E-state index contributed by atoms with van der Waals surface area (Å²) in [6.45, 7) is 0.466. The van der Waals surface area contributed by atoms with Crippen LogP contribution in [0, 0.1) is 0 Å². The summed E-state index contributed by atoms with van der Waals surface area (Å²) in [6, 6.07) is 23.9.